The lowest BCUT2D eigenvalue weighted by molar-refractivity contribution is 0.0223. The van der Waals surface area contributed by atoms with E-state index >= 15 is 0 Å². The van der Waals surface area contributed by atoms with E-state index in [0.29, 0.717) is 65.5 Å². The summed E-state index contributed by atoms with van der Waals surface area (Å²) >= 11 is 3.38. The van der Waals surface area contributed by atoms with Gasteiger partial charge in [0.15, 0.2) is 0 Å². The molecule has 0 spiro atoms. The average Bonchev–Trinajstić information content (AvgIpc) is 1.65. The van der Waals surface area contributed by atoms with Crippen LogP contribution in [-0.2, 0) is 78.8 Å². The highest BCUT2D eigenvalue weighted by Crippen LogP contribution is 2.39. The molecule has 3 unspecified atom stereocenters. The van der Waals surface area contributed by atoms with Crippen LogP contribution in [0.4, 0.5) is 34.1 Å². The number of oxazole rings is 3. The van der Waals surface area contributed by atoms with Gasteiger partial charge in [0.05, 0.1) is 67.0 Å². The maximum Gasteiger partial charge on any atom is 0.410 e. The predicted octanol–water partition coefficient (Wildman–Crippen LogP) is 13.0. The molecular formula is C91H95BrF3N15O16S3. The molecule has 12 heterocycles. The minimum Gasteiger partial charge on any atom is -0.444 e. The minimum atomic E-state index is -4.02. The Bertz CT molecular complexity index is 6400. The van der Waals surface area contributed by atoms with E-state index in [1.54, 1.807) is 58.7 Å². The average molecular weight is 1890 g/mol. The van der Waals surface area contributed by atoms with Gasteiger partial charge in [0.2, 0.25) is 47.7 Å². The maximum atomic E-state index is 14.8. The molecule has 129 heavy (non-hydrogen) atoms. The number of amides is 2. The van der Waals surface area contributed by atoms with Gasteiger partial charge in [-0.3, -0.25) is 15.0 Å². The number of rotatable bonds is 17. The molecule has 3 fully saturated rings. The number of aromatic nitrogens is 6. The Morgan fingerprint density at radius 2 is 0.721 bits per heavy atom. The van der Waals surface area contributed by atoms with Crippen LogP contribution in [0.25, 0.3) is 34.4 Å². The molecule has 3 saturated heterocycles. The van der Waals surface area contributed by atoms with Crippen molar-refractivity contribution in [1.82, 2.24) is 63.3 Å². The van der Waals surface area contributed by atoms with Gasteiger partial charge in [0, 0.05) is 152 Å². The molecule has 2 amide bonds. The van der Waals surface area contributed by atoms with Crippen molar-refractivity contribution < 1.29 is 86.1 Å². The van der Waals surface area contributed by atoms with Gasteiger partial charge >= 0.3 is 12.2 Å². The highest BCUT2D eigenvalue weighted by Gasteiger charge is 2.38. The van der Waals surface area contributed by atoms with Crippen LogP contribution in [0.3, 0.4) is 0 Å². The number of piperazine rings is 3. The molecule has 0 aliphatic carbocycles. The summed E-state index contributed by atoms with van der Waals surface area (Å²) in [5.74, 6) is -2.01. The molecule has 6 aromatic heterocycles. The second kappa shape index (κ2) is 38.9. The molecule has 0 radical (unpaired) electrons. The van der Waals surface area contributed by atoms with Gasteiger partial charge in [0.25, 0.3) is 0 Å². The molecule has 0 bridgehead atoms. The molecular weight excluding hydrogens is 1790 g/mol. The molecule has 6 aliphatic rings. The zero-order chi connectivity index (χ0) is 91.3. The van der Waals surface area contributed by atoms with E-state index in [9.17, 15) is 63.3 Å². The lowest BCUT2D eigenvalue weighted by atomic mass is 10.0. The number of pyridine rings is 3. The summed E-state index contributed by atoms with van der Waals surface area (Å²) in [6, 6.07) is 38.7. The normalized spacial score (nSPS) is 16.4. The second-order valence-electron chi connectivity index (χ2n) is 33.3. The predicted molar refractivity (Wildman–Crippen MR) is 473 cm³/mol. The van der Waals surface area contributed by atoms with E-state index in [1.165, 1.54) is 86.7 Å². The summed E-state index contributed by atoms with van der Waals surface area (Å²) < 4.78 is 155. The SMILES string of the molecule is CC(C)(C)OC(=O)N1CCN(c2cccc(C(O)c3cc4c(cn3)CN(S(=O)(=O)c3ccc(-c5ncco5)c(F)c3)C4)c2)CC1.CC(C)(C)OC(=O)N1CCNCC1.O=S(=O)(c1ccc(-c2ncco2)c(F)c1)N1Cc2cnc(C(O)c3cccc(Br)c3)cc2C1.O=S(=O)(c1ccc(-c2ncco2)c(F)c1)N1Cc2cnc(C(O)c3cccc(N4CCNCC4)c3)cc2C1. The van der Waals surface area contributed by atoms with Crippen LogP contribution in [0.15, 0.2) is 234 Å². The highest BCUT2D eigenvalue weighted by molar-refractivity contribution is 9.10. The summed E-state index contributed by atoms with van der Waals surface area (Å²) in [4.78, 5) is 56.2. The highest BCUT2D eigenvalue weighted by atomic mass is 79.9. The number of carbonyl (C=O) groups excluding carboxylic acids is 2. The van der Waals surface area contributed by atoms with Crippen LogP contribution in [0.1, 0.15) is 127 Å². The van der Waals surface area contributed by atoms with E-state index in [4.69, 9.17) is 22.7 Å². The largest absolute Gasteiger partial charge is 0.444 e. The zero-order valence-corrected chi connectivity index (χ0v) is 75.2. The molecule has 12 aromatic rings. The summed E-state index contributed by atoms with van der Waals surface area (Å²) in [5, 5.41) is 39.6. The molecule has 676 valence electrons. The number of anilines is 2. The number of sulfonamides is 3. The monoisotopic (exact) mass is 1890 g/mol. The van der Waals surface area contributed by atoms with Crippen molar-refractivity contribution in [3.05, 3.63) is 291 Å². The zero-order valence-electron chi connectivity index (χ0n) is 71.2. The Labute approximate surface area is 752 Å². The van der Waals surface area contributed by atoms with E-state index < -0.39 is 71.4 Å². The Hall–Kier alpha value is -11.7. The van der Waals surface area contributed by atoms with Crippen molar-refractivity contribution in [3.8, 4) is 34.4 Å². The number of ether oxygens (including phenoxy) is 2. The number of aliphatic hydroxyl groups is 3. The number of hydrogen-bond donors (Lipinski definition) is 5. The van der Waals surface area contributed by atoms with Crippen molar-refractivity contribution in [3.63, 3.8) is 0 Å². The van der Waals surface area contributed by atoms with E-state index in [1.807, 2.05) is 102 Å². The van der Waals surface area contributed by atoms with Crippen molar-refractivity contribution in [2.75, 3.05) is 88.3 Å². The number of nitrogens with zero attached hydrogens (tertiary/aromatic N) is 13. The molecule has 5 N–H and O–H groups in total. The van der Waals surface area contributed by atoms with Crippen LogP contribution < -0.4 is 20.4 Å². The third-order valence-corrected chi connectivity index (χ3v) is 27.9. The van der Waals surface area contributed by atoms with Crippen LogP contribution in [0, 0.1) is 17.5 Å². The first kappa shape index (κ1) is 92.1. The Kier molecular flexibility index (Phi) is 27.8. The third-order valence-electron chi connectivity index (χ3n) is 22.0. The van der Waals surface area contributed by atoms with Crippen molar-refractivity contribution in [2.24, 2.45) is 0 Å². The van der Waals surface area contributed by atoms with Gasteiger partial charge in [0.1, 0.15) is 65.8 Å². The fraction of sp³-hybridized carbons (Fsp3) is 0.319. The van der Waals surface area contributed by atoms with Crippen LogP contribution in [0.2, 0.25) is 0 Å². The van der Waals surface area contributed by atoms with E-state index in [0.717, 1.165) is 114 Å². The van der Waals surface area contributed by atoms with Gasteiger partial charge in [-0.25, -0.2) is 63.0 Å². The first-order chi connectivity index (χ1) is 61.6. The van der Waals surface area contributed by atoms with E-state index in [-0.39, 0.29) is 106 Å². The molecule has 3 atom stereocenters. The summed E-state index contributed by atoms with van der Waals surface area (Å²) in [6.45, 7) is 20.8. The first-order valence-electron chi connectivity index (χ1n) is 41.5. The first-order valence-corrected chi connectivity index (χ1v) is 46.6. The van der Waals surface area contributed by atoms with Gasteiger partial charge in [-0.2, -0.15) is 12.9 Å². The smallest absolute Gasteiger partial charge is 0.410 e. The van der Waals surface area contributed by atoms with Gasteiger partial charge < -0.3 is 68.3 Å². The Morgan fingerprint density at radius 3 is 1.05 bits per heavy atom. The van der Waals surface area contributed by atoms with Crippen LogP contribution in [-0.4, -0.2) is 195 Å². The summed E-state index contributed by atoms with van der Waals surface area (Å²) in [5.41, 5.74) is 8.95. The third kappa shape index (κ3) is 21.6. The second-order valence-corrected chi connectivity index (χ2v) is 40.0. The minimum absolute atomic E-state index is 0.0605. The summed E-state index contributed by atoms with van der Waals surface area (Å²) in [7, 11) is -12.0. The van der Waals surface area contributed by atoms with Crippen LogP contribution >= 0.6 is 15.9 Å². The molecule has 18 rings (SSSR count). The Morgan fingerprint density at radius 1 is 0.403 bits per heavy atom. The number of carbonyl (C=O) groups is 2. The fourth-order valence-corrected chi connectivity index (χ4v) is 20.0. The topological polar surface area (TPSA) is 379 Å². The standard InChI is InChI=1S/C32H34FN5O6S.C27H26FN5O4S.C23H17BrFN3O4S.C9H18N2O2/c1-32(2,3)44-31(40)37-12-10-36(11-13-37)24-6-4-5-21(15-24)29(39)28-16-22-19-38(20-23(22)18-35-28)45(41,42)25-7-8-26(27(33)17-25)30-34-9-14-43-30;28-24-14-22(4-5-23(24)27-30-8-11-37-27)38(35,36)33-16-19-13-25(31-15-20(19)17-33)26(34)18-2-1-3-21(12-18)32-9-6-29-7-10-32;24-17-3-1-2-14(8-17)22(29)21-9-15-12-28(13-16(15)11-27-21)33(30,31)18-4-5-19(20(25)10-18)23-26-6-7-32-23;1-9(2,3)13-8(12)11-6-4-10-5-7-11/h4-9,14-18,29,39H,10-13,19-20H2,1-3H3;1-5,8,11-15,26,29,34H,6-7,9-10,16-17H2;1-11,22,29H,12-13H2;10H,4-7H2,1-3H3. The molecule has 6 aliphatic heterocycles. The van der Waals surface area contributed by atoms with Crippen molar-refractivity contribution in [2.45, 2.75) is 125 Å². The van der Waals surface area contributed by atoms with Crippen molar-refractivity contribution in [1.29, 1.82) is 0 Å². The van der Waals surface area contributed by atoms with Crippen molar-refractivity contribution >= 4 is 69.6 Å². The van der Waals surface area contributed by atoms with Gasteiger partial charge in [-0.15, -0.1) is 0 Å². The number of halogens is 4. The van der Waals surface area contributed by atoms with Gasteiger partial charge in [-0.05, 0) is 201 Å². The Balaban J connectivity index is 0.000000140. The lowest BCUT2D eigenvalue weighted by Gasteiger charge is -2.37. The summed E-state index contributed by atoms with van der Waals surface area (Å²) in [6.07, 6.45) is 9.41. The van der Waals surface area contributed by atoms with E-state index in [2.05, 4.69) is 66.3 Å². The van der Waals surface area contributed by atoms with Gasteiger partial charge in [-0.1, -0.05) is 52.3 Å². The fourth-order valence-electron chi connectivity index (χ4n) is 15.3. The maximum absolute atomic E-state index is 14.8. The number of aliphatic hydroxyl groups excluding tert-OH is 3. The number of hydrogen-bond acceptors (Lipinski definition) is 26. The number of nitrogens with one attached hydrogen (secondary N) is 2. The lowest BCUT2D eigenvalue weighted by Crippen LogP contribution is -2.50. The quantitative estimate of drug-likeness (QED) is 0.0565. The molecule has 38 heteroatoms. The molecule has 31 nitrogen and oxygen atoms in total. The van der Waals surface area contributed by atoms with Crippen LogP contribution in [0.5, 0.6) is 0 Å². The molecule has 0 saturated carbocycles. The number of fused-ring (bicyclic) bond motifs is 3. The molecule has 6 aromatic carbocycles. The number of benzene rings is 6.